The molecule has 34 heavy (non-hydrogen) atoms. The number of benzene rings is 1. The molecule has 0 aliphatic carbocycles. The Morgan fingerprint density at radius 3 is 2.44 bits per heavy atom. The first-order chi connectivity index (χ1) is 16.0. The molecule has 2 N–H and O–H groups in total. The van der Waals surface area contributed by atoms with E-state index < -0.39 is 39.0 Å². The highest BCUT2D eigenvalue weighted by Gasteiger charge is 2.29. The van der Waals surface area contributed by atoms with Gasteiger partial charge in [0.25, 0.3) is 22.3 Å². The van der Waals surface area contributed by atoms with Crippen LogP contribution in [-0.4, -0.2) is 29.4 Å². The van der Waals surface area contributed by atoms with Gasteiger partial charge in [0.05, 0.1) is 5.69 Å². The minimum atomic E-state index is -4.82. The molecule has 2 aromatic heterocycles. The van der Waals surface area contributed by atoms with Crippen LogP contribution in [0.4, 0.5) is 29.5 Å². The summed E-state index contributed by atoms with van der Waals surface area (Å²) in [5.41, 5.74) is -0.210. The van der Waals surface area contributed by atoms with Crippen LogP contribution in [0.2, 0.25) is 0 Å². The van der Waals surface area contributed by atoms with Crippen LogP contribution in [0.15, 0.2) is 47.9 Å². The van der Waals surface area contributed by atoms with E-state index in [0.29, 0.717) is 11.1 Å². The van der Waals surface area contributed by atoms with Crippen molar-refractivity contribution in [2.75, 3.05) is 5.32 Å². The van der Waals surface area contributed by atoms with Crippen LogP contribution in [0.5, 0.6) is 0 Å². The maximum atomic E-state index is 14.4. The lowest BCUT2D eigenvalue weighted by atomic mass is 9.94. The zero-order valence-electron chi connectivity index (χ0n) is 17.8. The van der Waals surface area contributed by atoms with Gasteiger partial charge >= 0.3 is 6.03 Å². The summed E-state index contributed by atoms with van der Waals surface area (Å²) < 4.78 is 67.5. The lowest BCUT2D eigenvalue weighted by molar-refractivity contribution is 0.141. The number of nitrogens with one attached hydrogen (secondary N) is 2. The summed E-state index contributed by atoms with van der Waals surface area (Å²) in [5, 5.41) is 1.27. The number of rotatable bonds is 6. The van der Waals surface area contributed by atoms with Gasteiger partial charge in [0.1, 0.15) is 17.7 Å². The number of hydrogen-bond donors (Lipinski definition) is 2. The summed E-state index contributed by atoms with van der Waals surface area (Å²) in [5.74, 6) is -0.915. The molecule has 0 aliphatic rings. The van der Waals surface area contributed by atoms with Crippen molar-refractivity contribution in [1.82, 2.24) is 19.7 Å². The van der Waals surface area contributed by atoms with Crippen LogP contribution in [0.3, 0.4) is 0 Å². The summed E-state index contributed by atoms with van der Waals surface area (Å²) in [7, 11) is -4.82. The number of nitrogens with zero attached hydrogens (tertiary/aromatic N) is 4. The average Bonchev–Trinajstić information content (AvgIpc) is 2.79. The third-order valence-electron chi connectivity index (χ3n) is 4.54. The Morgan fingerprint density at radius 1 is 1.09 bits per heavy atom. The molecule has 0 aliphatic heterocycles. The molecular formula is C21H17F3N6O3S. The van der Waals surface area contributed by atoms with E-state index in [9.17, 15) is 26.4 Å². The predicted octanol–water partition coefficient (Wildman–Crippen LogP) is 4.80. The van der Waals surface area contributed by atoms with E-state index in [1.807, 2.05) is 0 Å². The van der Waals surface area contributed by atoms with E-state index in [2.05, 4.69) is 25.1 Å². The topological polar surface area (TPSA) is 118 Å². The van der Waals surface area contributed by atoms with Crippen LogP contribution >= 0.6 is 0 Å². The van der Waals surface area contributed by atoms with Gasteiger partial charge in [-0.2, -0.15) is 8.42 Å². The van der Waals surface area contributed by atoms with Gasteiger partial charge in [0.15, 0.2) is 0 Å². The summed E-state index contributed by atoms with van der Waals surface area (Å²) in [6, 6.07) is 3.85. The predicted molar refractivity (Wildman–Crippen MR) is 116 cm³/mol. The van der Waals surface area contributed by atoms with Crippen LogP contribution in [-0.2, 0) is 10.0 Å². The smallest absolute Gasteiger partial charge is 0.333 e. The first-order valence-electron chi connectivity index (χ1n) is 9.63. The van der Waals surface area contributed by atoms with Gasteiger partial charge in [-0.25, -0.2) is 27.7 Å². The fraction of sp³-hybridized carbons (Fsp3) is 0.190. The zero-order chi connectivity index (χ0) is 25.0. The Bertz CT molecular complexity index is 1390. The molecular weight excluding hydrogens is 473 g/mol. The highest BCUT2D eigenvalue weighted by atomic mass is 32.2. The number of pyridine rings is 1. The molecule has 0 spiro atoms. The molecule has 0 atom stereocenters. The quantitative estimate of drug-likeness (QED) is 0.479. The Labute approximate surface area is 193 Å². The van der Waals surface area contributed by atoms with Crippen molar-refractivity contribution in [3.63, 3.8) is 0 Å². The number of halogens is 3. The largest absolute Gasteiger partial charge is 0.361 e. The maximum Gasteiger partial charge on any atom is 0.333 e. The number of hydrogen-bond acceptors (Lipinski definition) is 6. The van der Waals surface area contributed by atoms with E-state index in [-0.39, 0.29) is 23.0 Å². The van der Waals surface area contributed by atoms with E-state index in [4.69, 9.17) is 6.57 Å². The van der Waals surface area contributed by atoms with Gasteiger partial charge in [-0.15, -0.1) is 4.98 Å². The summed E-state index contributed by atoms with van der Waals surface area (Å²) in [6.45, 7) is 10.6. The molecule has 3 aromatic rings. The van der Waals surface area contributed by atoms with E-state index in [1.54, 1.807) is 18.6 Å². The molecule has 0 saturated carbocycles. The average molecular weight is 490 g/mol. The summed E-state index contributed by atoms with van der Waals surface area (Å²) in [6.07, 6.45) is -0.127. The number of carbonyl (C=O) groups excluding carboxylic acids is 1. The lowest BCUT2D eigenvalue weighted by Crippen LogP contribution is -2.36. The normalized spacial score (nSPS) is 11.4. The fourth-order valence-corrected chi connectivity index (χ4v) is 4.11. The molecule has 2 heterocycles. The molecule has 0 unspecified atom stereocenters. The van der Waals surface area contributed by atoms with E-state index in [1.165, 1.54) is 24.4 Å². The fourth-order valence-electron chi connectivity index (χ4n) is 3.10. The second-order valence-electron chi connectivity index (χ2n) is 7.19. The zero-order valence-corrected chi connectivity index (χ0v) is 18.6. The minimum absolute atomic E-state index is 0.0213. The van der Waals surface area contributed by atoms with Crippen LogP contribution in [0.25, 0.3) is 16.0 Å². The van der Waals surface area contributed by atoms with E-state index in [0.717, 1.165) is 18.5 Å². The molecule has 0 fully saturated rings. The summed E-state index contributed by atoms with van der Waals surface area (Å²) >= 11 is 0. The van der Waals surface area contributed by atoms with Gasteiger partial charge < -0.3 is 10.2 Å². The SMILES string of the molecule is [C-]#[N+]c1cc(-c2cc(F)cc(C(C)C)c2NC(=O)NS(=O)(=O)c2nccnc2C(F)F)ccn1. The third-order valence-corrected chi connectivity index (χ3v) is 5.82. The number of carbonyl (C=O) groups is 1. The Kier molecular flexibility index (Phi) is 7.11. The third kappa shape index (κ3) is 5.29. The second-order valence-corrected chi connectivity index (χ2v) is 8.79. The van der Waals surface area contributed by atoms with E-state index >= 15 is 0 Å². The highest BCUT2D eigenvalue weighted by molar-refractivity contribution is 7.90. The molecule has 9 nitrogen and oxygen atoms in total. The van der Waals surface area contributed by atoms with Crippen molar-refractivity contribution in [2.24, 2.45) is 0 Å². The Balaban J connectivity index is 2.04. The minimum Gasteiger partial charge on any atom is -0.361 e. The van der Waals surface area contributed by atoms with Crippen LogP contribution < -0.4 is 10.0 Å². The monoisotopic (exact) mass is 490 g/mol. The standard InChI is InChI=1S/C21H17F3N6O3S/c1-11(2)14-9-13(22)10-15(12-4-5-26-16(8-12)25-3)17(14)29-21(31)30-34(32,33)20-18(19(23)24)27-6-7-28-20/h4-11,19H,1-2H3,(H2,29,30,31). The highest BCUT2D eigenvalue weighted by Crippen LogP contribution is 2.37. The molecule has 176 valence electrons. The Hall–Kier alpha value is -4.05. The Morgan fingerprint density at radius 2 is 1.79 bits per heavy atom. The van der Waals surface area contributed by atoms with Crippen molar-refractivity contribution in [3.05, 3.63) is 71.3 Å². The van der Waals surface area contributed by atoms with Crippen molar-refractivity contribution < 1.29 is 26.4 Å². The van der Waals surface area contributed by atoms with Crippen LogP contribution in [0.1, 0.15) is 37.4 Å². The number of alkyl halides is 2. The second kappa shape index (κ2) is 9.84. The van der Waals surface area contributed by atoms with Gasteiger partial charge in [0.2, 0.25) is 5.03 Å². The first-order valence-corrected chi connectivity index (χ1v) is 11.1. The molecule has 0 radical (unpaired) electrons. The van der Waals surface area contributed by atoms with Gasteiger partial charge in [0, 0.05) is 18.0 Å². The number of amides is 2. The number of urea groups is 1. The van der Waals surface area contributed by atoms with Crippen molar-refractivity contribution >= 4 is 27.6 Å². The van der Waals surface area contributed by atoms with Gasteiger partial charge in [-0.3, -0.25) is 4.98 Å². The maximum absolute atomic E-state index is 14.4. The number of aromatic nitrogens is 3. The van der Waals surface area contributed by atoms with Crippen molar-refractivity contribution in [1.29, 1.82) is 0 Å². The molecule has 13 heteroatoms. The van der Waals surface area contributed by atoms with Crippen LogP contribution in [0, 0.1) is 12.4 Å². The molecule has 0 saturated heterocycles. The van der Waals surface area contributed by atoms with Gasteiger partial charge in [-0.05, 0) is 41.3 Å². The molecule has 1 aromatic carbocycles. The first kappa shape index (κ1) is 24.6. The number of sulfonamides is 1. The van der Waals surface area contributed by atoms with Crippen molar-refractivity contribution in [3.8, 4) is 11.1 Å². The van der Waals surface area contributed by atoms with Crippen molar-refractivity contribution in [2.45, 2.75) is 31.2 Å². The molecule has 2 amide bonds. The lowest BCUT2D eigenvalue weighted by Gasteiger charge is -2.19. The van der Waals surface area contributed by atoms with Gasteiger partial charge in [-0.1, -0.05) is 20.4 Å². The summed E-state index contributed by atoms with van der Waals surface area (Å²) in [4.78, 5) is 26.5. The number of anilines is 1. The molecule has 0 bridgehead atoms. The molecule has 3 rings (SSSR count).